The van der Waals surface area contributed by atoms with Crippen molar-refractivity contribution in [3.8, 4) is 0 Å². The second kappa shape index (κ2) is 10.6. The largest absolute Gasteiger partial charge is 0.351 e. The first-order valence-electron chi connectivity index (χ1n) is 11.0. The minimum absolute atomic E-state index is 0.0755. The molecule has 166 valence electrons. The average Bonchev–Trinajstić information content (AvgIpc) is 3.42. The van der Waals surface area contributed by atoms with Crippen molar-refractivity contribution in [2.75, 3.05) is 6.54 Å². The van der Waals surface area contributed by atoms with Crippen molar-refractivity contribution >= 4 is 34.2 Å². The van der Waals surface area contributed by atoms with E-state index in [0.717, 1.165) is 29.7 Å². The van der Waals surface area contributed by atoms with E-state index in [0.29, 0.717) is 17.8 Å². The van der Waals surface area contributed by atoms with E-state index in [4.69, 9.17) is 4.98 Å². The van der Waals surface area contributed by atoms with Crippen LogP contribution in [-0.2, 0) is 17.8 Å². The number of carbonyl (C=O) groups is 2. The van der Waals surface area contributed by atoms with Gasteiger partial charge in [0.05, 0.1) is 15.9 Å². The van der Waals surface area contributed by atoms with Crippen LogP contribution in [0.5, 0.6) is 0 Å². The van der Waals surface area contributed by atoms with Crippen LogP contribution >= 0.6 is 11.3 Å². The van der Waals surface area contributed by atoms with Crippen LogP contribution in [-0.4, -0.2) is 44.9 Å². The van der Waals surface area contributed by atoms with Crippen LogP contribution in [0.1, 0.15) is 56.0 Å². The number of benzene rings is 1. The normalized spacial score (nSPS) is 13.2. The highest BCUT2D eigenvalue weighted by molar-refractivity contribution is 7.12. The zero-order chi connectivity index (χ0) is 22.4. The summed E-state index contributed by atoms with van der Waals surface area (Å²) >= 11 is 1.42. The molecule has 0 aliphatic rings. The van der Waals surface area contributed by atoms with E-state index in [-0.39, 0.29) is 30.4 Å². The fourth-order valence-electron chi connectivity index (χ4n) is 3.81. The first kappa shape index (κ1) is 23.0. The van der Waals surface area contributed by atoms with Crippen LogP contribution in [0.3, 0.4) is 0 Å². The topological polar surface area (TPSA) is 67.2 Å². The molecule has 3 rings (SSSR count). The molecule has 0 aliphatic carbocycles. The molecular formula is C24H32N4O2S. The molecule has 2 heterocycles. The Hall–Kier alpha value is -2.67. The molecule has 0 saturated carbocycles. The van der Waals surface area contributed by atoms with Crippen molar-refractivity contribution in [1.82, 2.24) is 19.8 Å². The minimum atomic E-state index is -0.0755. The molecule has 0 spiro atoms. The first-order valence-corrected chi connectivity index (χ1v) is 11.9. The lowest BCUT2D eigenvalue weighted by atomic mass is 10.1. The maximum atomic E-state index is 13.4. The number of thiophene rings is 1. The van der Waals surface area contributed by atoms with Crippen LogP contribution in [0.15, 0.2) is 41.8 Å². The molecule has 0 saturated heterocycles. The number of fused-ring (bicyclic) bond motifs is 1. The number of nitrogens with zero attached hydrogens (tertiary/aromatic N) is 3. The van der Waals surface area contributed by atoms with Gasteiger partial charge in [-0.25, -0.2) is 4.98 Å². The summed E-state index contributed by atoms with van der Waals surface area (Å²) in [7, 11) is 0. The van der Waals surface area contributed by atoms with Crippen LogP contribution < -0.4 is 5.32 Å². The van der Waals surface area contributed by atoms with Crippen LogP contribution in [0, 0.1) is 0 Å². The van der Waals surface area contributed by atoms with Gasteiger partial charge in [0, 0.05) is 25.0 Å². The molecule has 0 radical (unpaired) electrons. The Morgan fingerprint density at radius 3 is 2.45 bits per heavy atom. The van der Waals surface area contributed by atoms with Crippen molar-refractivity contribution in [3.63, 3.8) is 0 Å². The number of aromatic nitrogens is 2. The molecule has 2 atom stereocenters. The van der Waals surface area contributed by atoms with Crippen molar-refractivity contribution in [2.24, 2.45) is 0 Å². The van der Waals surface area contributed by atoms with E-state index in [1.807, 2.05) is 51.2 Å². The summed E-state index contributed by atoms with van der Waals surface area (Å²) in [6, 6.07) is 11.9. The summed E-state index contributed by atoms with van der Waals surface area (Å²) < 4.78 is 2.01. The molecule has 1 N–H and O–H groups in total. The highest BCUT2D eigenvalue weighted by Crippen LogP contribution is 2.19. The van der Waals surface area contributed by atoms with Gasteiger partial charge in [0.25, 0.3) is 5.91 Å². The summed E-state index contributed by atoms with van der Waals surface area (Å²) in [6.45, 7) is 9.16. The Balaban J connectivity index is 1.80. The van der Waals surface area contributed by atoms with Gasteiger partial charge in [-0.1, -0.05) is 32.0 Å². The van der Waals surface area contributed by atoms with E-state index in [2.05, 4.69) is 33.0 Å². The predicted octanol–water partition coefficient (Wildman–Crippen LogP) is 4.50. The van der Waals surface area contributed by atoms with E-state index in [9.17, 15) is 9.59 Å². The molecular weight excluding hydrogens is 408 g/mol. The van der Waals surface area contributed by atoms with Crippen LogP contribution in [0.4, 0.5) is 0 Å². The molecule has 0 fully saturated rings. The lowest BCUT2D eigenvalue weighted by Crippen LogP contribution is -2.46. The average molecular weight is 441 g/mol. The molecule has 1 aromatic carbocycles. The van der Waals surface area contributed by atoms with Gasteiger partial charge in [-0.3, -0.25) is 9.59 Å². The van der Waals surface area contributed by atoms with Gasteiger partial charge in [0.1, 0.15) is 12.4 Å². The van der Waals surface area contributed by atoms with Crippen molar-refractivity contribution in [2.45, 2.75) is 65.6 Å². The van der Waals surface area contributed by atoms with Gasteiger partial charge < -0.3 is 14.8 Å². The SMILES string of the molecule is CCC(C)N(C(=O)Cn1c(CCNC(=O)c2cccs2)nc2ccccc21)C(C)CC. The first-order chi connectivity index (χ1) is 15.0. The summed E-state index contributed by atoms with van der Waals surface area (Å²) in [5.74, 6) is 0.846. The van der Waals surface area contributed by atoms with E-state index in [1.165, 1.54) is 11.3 Å². The fraction of sp³-hybridized carbons (Fsp3) is 0.458. The molecule has 6 nitrogen and oxygen atoms in total. The van der Waals surface area contributed by atoms with Gasteiger partial charge in [-0.2, -0.15) is 0 Å². The summed E-state index contributed by atoms with van der Waals surface area (Å²) in [5, 5.41) is 4.85. The quantitative estimate of drug-likeness (QED) is 0.505. The van der Waals surface area contributed by atoms with Gasteiger partial charge in [0.2, 0.25) is 5.91 Å². The van der Waals surface area contributed by atoms with Gasteiger partial charge >= 0.3 is 0 Å². The number of carbonyl (C=O) groups excluding carboxylic acids is 2. The highest BCUT2D eigenvalue weighted by atomic mass is 32.1. The third-order valence-electron chi connectivity index (χ3n) is 5.83. The Morgan fingerprint density at radius 2 is 1.81 bits per heavy atom. The van der Waals surface area contributed by atoms with Gasteiger partial charge in [-0.15, -0.1) is 11.3 Å². The number of imidazole rings is 1. The highest BCUT2D eigenvalue weighted by Gasteiger charge is 2.25. The predicted molar refractivity (Wildman–Crippen MR) is 126 cm³/mol. The third-order valence-corrected chi connectivity index (χ3v) is 6.69. The number of rotatable bonds is 10. The molecule has 31 heavy (non-hydrogen) atoms. The molecule has 2 amide bonds. The number of para-hydroxylation sites is 2. The summed E-state index contributed by atoms with van der Waals surface area (Å²) in [5.41, 5.74) is 1.82. The van der Waals surface area contributed by atoms with Gasteiger partial charge in [0.15, 0.2) is 0 Å². The minimum Gasteiger partial charge on any atom is -0.351 e. The number of amides is 2. The lowest BCUT2D eigenvalue weighted by Gasteiger charge is -2.34. The molecule has 3 aromatic rings. The Bertz CT molecular complexity index is 1000. The number of hydrogen-bond donors (Lipinski definition) is 1. The van der Waals surface area contributed by atoms with Crippen molar-refractivity contribution < 1.29 is 9.59 Å². The number of hydrogen-bond acceptors (Lipinski definition) is 4. The van der Waals surface area contributed by atoms with Crippen molar-refractivity contribution in [1.29, 1.82) is 0 Å². The molecule has 2 aromatic heterocycles. The van der Waals surface area contributed by atoms with E-state index in [1.54, 1.807) is 0 Å². The maximum absolute atomic E-state index is 13.4. The summed E-state index contributed by atoms with van der Waals surface area (Å²) in [6.07, 6.45) is 2.40. The smallest absolute Gasteiger partial charge is 0.261 e. The van der Waals surface area contributed by atoms with Crippen molar-refractivity contribution in [3.05, 3.63) is 52.5 Å². The van der Waals surface area contributed by atoms with Crippen LogP contribution in [0.2, 0.25) is 0 Å². The van der Waals surface area contributed by atoms with Crippen LogP contribution in [0.25, 0.3) is 11.0 Å². The maximum Gasteiger partial charge on any atom is 0.261 e. The molecule has 0 bridgehead atoms. The third kappa shape index (κ3) is 5.34. The lowest BCUT2D eigenvalue weighted by molar-refractivity contribution is -0.136. The number of nitrogens with one attached hydrogen (secondary N) is 1. The Labute approximate surface area is 188 Å². The Kier molecular flexibility index (Phi) is 7.85. The van der Waals surface area contributed by atoms with E-state index >= 15 is 0 Å². The van der Waals surface area contributed by atoms with E-state index < -0.39 is 0 Å². The zero-order valence-electron chi connectivity index (χ0n) is 18.8. The molecule has 2 unspecified atom stereocenters. The second-order valence-corrected chi connectivity index (χ2v) is 8.85. The van der Waals surface area contributed by atoms with Gasteiger partial charge in [-0.05, 0) is 50.3 Å². The Morgan fingerprint density at radius 1 is 1.10 bits per heavy atom. The monoisotopic (exact) mass is 440 g/mol. The fourth-order valence-corrected chi connectivity index (χ4v) is 4.45. The molecule has 0 aliphatic heterocycles. The molecule has 7 heteroatoms. The summed E-state index contributed by atoms with van der Waals surface area (Å²) in [4.78, 5) is 33.1. The zero-order valence-corrected chi connectivity index (χ0v) is 19.6. The standard InChI is InChI=1S/C24H32N4O2S/c1-5-17(3)28(18(4)6-2)23(29)16-27-20-11-8-7-10-19(20)26-22(27)13-14-25-24(30)21-12-9-15-31-21/h7-12,15,17-18H,5-6,13-14,16H2,1-4H3,(H,25,30). The second-order valence-electron chi connectivity index (χ2n) is 7.90.